The number of hydrogen-bond acceptors (Lipinski definition) is 2. The highest BCUT2D eigenvalue weighted by atomic mass is 16.5. The average Bonchev–Trinajstić information content (AvgIpc) is 2.16. The average molecular weight is 179 g/mol. The number of ether oxygens (including phenoxy) is 1. The topological polar surface area (TPSA) is 35.2 Å². The predicted molar refractivity (Wildman–Crippen MR) is 55.0 cm³/mol. The fourth-order valence-corrected chi connectivity index (χ4v) is 1.36. The third-order valence-corrected chi connectivity index (χ3v) is 2.19. The molecule has 72 valence electrons. The summed E-state index contributed by atoms with van der Waals surface area (Å²) in [6.07, 6.45) is 1.03. The van der Waals surface area contributed by atoms with Crippen LogP contribution in [-0.4, -0.2) is 7.11 Å². The van der Waals surface area contributed by atoms with Gasteiger partial charge in [0.05, 0.1) is 7.11 Å². The van der Waals surface area contributed by atoms with Gasteiger partial charge in [-0.2, -0.15) is 0 Å². The van der Waals surface area contributed by atoms with E-state index in [9.17, 15) is 0 Å². The molecule has 0 radical (unpaired) electrons. The molecule has 1 rings (SSSR count). The first kappa shape index (κ1) is 10.1. The summed E-state index contributed by atoms with van der Waals surface area (Å²) in [4.78, 5) is 0. The van der Waals surface area contributed by atoms with E-state index in [1.807, 2.05) is 13.0 Å². The maximum Gasteiger partial charge on any atom is 0.123 e. The second-order valence-electron chi connectivity index (χ2n) is 3.22. The highest BCUT2D eigenvalue weighted by molar-refractivity contribution is 5.39. The molecule has 0 aliphatic rings. The summed E-state index contributed by atoms with van der Waals surface area (Å²) in [5.74, 6) is 0.882. The smallest absolute Gasteiger partial charge is 0.123 e. The third-order valence-electron chi connectivity index (χ3n) is 2.19. The predicted octanol–water partition coefficient (Wildman–Crippen LogP) is 2.28. The maximum atomic E-state index is 5.83. The van der Waals surface area contributed by atoms with E-state index in [2.05, 4.69) is 19.1 Å². The van der Waals surface area contributed by atoms with E-state index in [-0.39, 0.29) is 6.04 Å². The molecule has 0 spiro atoms. The minimum absolute atomic E-state index is 0.0291. The van der Waals surface area contributed by atoms with Gasteiger partial charge in [-0.15, -0.1) is 0 Å². The van der Waals surface area contributed by atoms with Gasteiger partial charge in [-0.1, -0.05) is 19.1 Å². The Morgan fingerprint density at radius 1 is 1.46 bits per heavy atom. The number of nitrogens with two attached hydrogens (primary N) is 1. The van der Waals surface area contributed by atoms with E-state index in [1.54, 1.807) is 7.11 Å². The van der Waals surface area contributed by atoms with Crippen molar-refractivity contribution in [3.8, 4) is 5.75 Å². The molecular weight excluding hydrogens is 162 g/mol. The van der Waals surface area contributed by atoms with E-state index in [4.69, 9.17) is 10.5 Å². The lowest BCUT2D eigenvalue weighted by atomic mass is 10.0. The van der Waals surface area contributed by atoms with Crippen LogP contribution in [0.5, 0.6) is 5.75 Å². The molecule has 2 heteroatoms. The van der Waals surface area contributed by atoms with Gasteiger partial charge in [-0.05, 0) is 25.0 Å². The zero-order chi connectivity index (χ0) is 9.84. The molecule has 0 unspecified atom stereocenters. The van der Waals surface area contributed by atoms with Gasteiger partial charge in [0.15, 0.2) is 0 Å². The lowest BCUT2D eigenvalue weighted by molar-refractivity contribution is 0.406. The molecule has 13 heavy (non-hydrogen) atoms. The molecular formula is C11H17NO. The largest absolute Gasteiger partial charge is 0.496 e. The monoisotopic (exact) mass is 179 g/mol. The summed E-state index contributed by atoms with van der Waals surface area (Å²) >= 11 is 0. The van der Waals surface area contributed by atoms with Gasteiger partial charge in [-0.25, -0.2) is 0 Å². The number of hydrogen-bond donors (Lipinski definition) is 1. The molecule has 0 aliphatic carbocycles. The van der Waals surface area contributed by atoms with Crippen molar-refractivity contribution in [1.29, 1.82) is 0 Å². The second-order valence-corrected chi connectivity index (χ2v) is 3.22. The van der Waals surface area contributed by atoms with Crippen LogP contribution in [0, 0.1) is 0 Å². The van der Waals surface area contributed by atoms with Crippen LogP contribution in [0.25, 0.3) is 0 Å². The summed E-state index contributed by atoms with van der Waals surface area (Å²) in [6.45, 7) is 4.10. The van der Waals surface area contributed by atoms with Crippen LogP contribution in [0.2, 0.25) is 0 Å². The van der Waals surface area contributed by atoms with E-state index in [0.29, 0.717) is 0 Å². The fraction of sp³-hybridized carbons (Fsp3) is 0.455. The van der Waals surface area contributed by atoms with Gasteiger partial charge in [-0.3, -0.25) is 0 Å². The number of benzene rings is 1. The molecule has 1 aromatic carbocycles. The summed E-state index contributed by atoms with van der Waals surface area (Å²) in [6, 6.07) is 6.20. The van der Waals surface area contributed by atoms with Crippen LogP contribution in [0.15, 0.2) is 18.2 Å². The minimum Gasteiger partial charge on any atom is -0.496 e. The first-order valence-corrected chi connectivity index (χ1v) is 4.61. The Bertz CT molecular complexity index is 281. The second kappa shape index (κ2) is 4.28. The van der Waals surface area contributed by atoms with Gasteiger partial charge in [0.2, 0.25) is 0 Å². The van der Waals surface area contributed by atoms with Crippen molar-refractivity contribution in [3.05, 3.63) is 29.3 Å². The van der Waals surface area contributed by atoms with Gasteiger partial charge in [0.25, 0.3) is 0 Å². The van der Waals surface area contributed by atoms with Crippen molar-refractivity contribution in [2.75, 3.05) is 7.11 Å². The molecule has 2 N–H and O–H groups in total. The van der Waals surface area contributed by atoms with Crippen LogP contribution in [0.3, 0.4) is 0 Å². The van der Waals surface area contributed by atoms with Gasteiger partial charge >= 0.3 is 0 Å². The van der Waals surface area contributed by atoms with Crippen molar-refractivity contribution in [1.82, 2.24) is 0 Å². The molecule has 0 bridgehead atoms. The summed E-state index contributed by atoms with van der Waals surface area (Å²) in [5, 5.41) is 0. The molecule has 0 saturated carbocycles. The molecule has 0 fully saturated rings. The Balaban J connectivity index is 3.10. The van der Waals surface area contributed by atoms with E-state index < -0.39 is 0 Å². The number of methoxy groups -OCH3 is 1. The quantitative estimate of drug-likeness (QED) is 0.772. The van der Waals surface area contributed by atoms with Crippen molar-refractivity contribution in [2.45, 2.75) is 26.3 Å². The van der Waals surface area contributed by atoms with Crippen LogP contribution < -0.4 is 10.5 Å². The maximum absolute atomic E-state index is 5.83. The summed E-state index contributed by atoms with van der Waals surface area (Å²) in [7, 11) is 1.67. The fourth-order valence-electron chi connectivity index (χ4n) is 1.36. The Morgan fingerprint density at radius 2 is 2.15 bits per heavy atom. The standard InChI is InChI=1S/C11H17NO/c1-4-9-5-6-11(13-3)10(7-9)8(2)12/h5-8H,4,12H2,1-3H3/t8-/m0/s1. The normalized spacial score (nSPS) is 12.6. The zero-order valence-electron chi connectivity index (χ0n) is 8.50. The Morgan fingerprint density at radius 3 is 2.62 bits per heavy atom. The molecule has 0 heterocycles. The summed E-state index contributed by atoms with van der Waals surface area (Å²) < 4.78 is 5.23. The number of aryl methyl sites for hydroxylation is 1. The molecule has 0 aromatic heterocycles. The Hall–Kier alpha value is -1.02. The number of rotatable bonds is 3. The van der Waals surface area contributed by atoms with Gasteiger partial charge < -0.3 is 10.5 Å². The van der Waals surface area contributed by atoms with Crippen LogP contribution in [0.4, 0.5) is 0 Å². The minimum atomic E-state index is 0.0291. The highest BCUT2D eigenvalue weighted by Gasteiger charge is 2.07. The third kappa shape index (κ3) is 2.22. The van der Waals surface area contributed by atoms with Crippen molar-refractivity contribution < 1.29 is 4.74 Å². The first-order chi connectivity index (χ1) is 6.19. The zero-order valence-corrected chi connectivity index (χ0v) is 8.50. The SMILES string of the molecule is CCc1ccc(OC)c([C@H](C)N)c1. The van der Waals surface area contributed by atoms with Crippen molar-refractivity contribution in [2.24, 2.45) is 5.73 Å². The van der Waals surface area contributed by atoms with Gasteiger partial charge in [0, 0.05) is 11.6 Å². The van der Waals surface area contributed by atoms with Crippen molar-refractivity contribution in [3.63, 3.8) is 0 Å². The molecule has 2 nitrogen and oxygen atoms in total. The van der Waals surface area contributed by atoms with E-state index in [1.165, 1.54) is 5.56 Å². The Kier molecular flexibility index (Phi) is 3.32. The summed E-state index contributed by atoms with van der Waals surface area (Å²) in [5.41, 5.74) is 8.22. The van der Waals surface area contributed by atoms with Gasteiger partial charge in [0.1, 0.15) is 5.75 Å². The van der Waals surface area contributed by atoms with E-state index in [0.717, 1.165) is 17.7 Å². The Labute approximate surface area is 79.7 Å². The molecule has 0 aliphatic heterocycles. The van der Waals surface area contributed by atoms with Crippen LogP contribution >= 0.6 is 0 Å². The van der Waals surface area contributed by atoms with Crippen molar-refractivity contribution >= 4 is 0 Å². The molecule has 1 atom stereocenters. The van der Waals surface area contributed by atoms with E-state index >= 15 is 0 Å². The lowest BCUT2D eigenvalue weighted by Crippen LogP contribution is -2.07. The lowest BCUT2D eigenvalue weighted by Gasteiger charge is -2.12. The first-order valence-electron chi connectivity index (χ1n) is 4.61. The van der Waals surface area contributed by atoms with Crippen LogP contribution in [-0.2, 0) is 6.42 Å². The molecule has 0 saturated heterocycles. The molecule has 1 aromatic rings. The van der Waals surface area contributed by atoms with Crippen LogP contribution in [0.1, 0.15) is 31.0 Å². The highest BCUT2D eigenvalue weighted by Crippen LogP contribution is 2.24. The molecule has 0 amide bonds.